The highest BCUT2D eigenvalue weighted by molar-refractivity contribution is 5.43. The molecule has 0 spiro atoms. The standard InChI is InChI=1S/C14H18/c1-10-6-7-13-8-11-4-2-3-5-12(11)9-14(10)13/h8-10H,2-7H2,1H3. The van der Waals surface area contributed by atoms with Crippen molar-refractivity contribution in [1.82, 2.24) is 0 Å². The van der Waals surface area contributed by atoms with Gasteiger partial charge in [-0.05, 0) is 66.7 Å². The van der Waals surface area contributed by atoms with Crippen LogP contribution >= 0.6 is 0 Å². The summed E-state index contributed by atoms with van der Waals surface area (Å²) in [6.45, 7) is 2.38. The van der Waals surface area contributed by atoms with E-state index in [-0.39, 0.29) is 0 Å². The summed E-state index contributed by atoms with van der Waals surface area (Å²) in [5, 5.41) is 0. The van der Waals surface area contributed by atoms with E-state index in [0.717, 1.165) is 5.92 Å². The summed E-state index contributed by atoms with van der Waals surface area (Å²) in [5.41, 5.74) is 6.62. The van der Waals surface area contributed by atoms with Gasteiger partial charge in [0.1, 0.15) is 0 Å². The van der Waals surface area contributed by atoms with Crippen LogP contribution in [-0.2, 0) is 19.3 Å². The van der Waals surface area contributed by atoms with Crippen LogP contribution in [0.1, 0.15) is 54.4 Å². The molecule has 3 rings (SSSR count). The predicted octanol–water partition coefficient (Wildman–Crippen LogP) is 3.62. The quantitative estimate of drug-likeness (QED) is 0.580. The van der Waals surface area contributed by atoms with Gasteiger partial charge in [0, 0.05) is 0 Å². The third-order valence-electron chi connectivity index (χ3n) is 3.98. The van der Waals surface area contributed by atoms with E-state index >= 15 is 0 Å². The molecule has 0 heterocycles. The number of hydrogen-bond acceptors (Lipinski definition) is 0. The average Bonchev–Trinajstić information content (AvgIpc) is 2.57. The van der Waals surface area contributed by atoms with Gasteiger partial charge in [-0.25, -0.2) is 0 Å². The topological polar surface area (TPSA) is 0 Å². The first-order valence-corrected chi connectivity index (χ1v) is 5.99. The van der Waals surface area contributed by atoms with Gasteiger partial charge < -0.3 is 0 Å². The van der Waals surface area contributed by atoms with Crippen LogP contribution in [-0.4, -0.2) is 0 Å². The molecule has 2 aliphatic carbocycles. The molecule has 0 bridgehead atoms. The second-order valence-corrected chi connectivity index (χ2v) is 4.97. The molecular formula is C14H18. The summed E-state index contributed by atoms with van der Waals surface area (Å²) in [6.07, 6.45) is 8.16. The molecule has 14 heavy (non-hydrogen) atoms. The van der Waals surface area contributed by atoms with Crippen molar-refractivity contribution in [3.63, 3.8) is 0 Å². The van der Waals surface area contributed by atoms with Gasteiger partial charge in [0.15, 0.2) is 0 Å². The van der Waals surface area contributed by atoms with Gasteiger partial charge in [-0.3, -0.25) is 0 Å². The third-order valence-corrected chi connectivity index (χ3v) is 3.98. The van der Waals surface area contributed by atoms with E-state index in [4.69, 9.17) is 0 Å². The third kappa shape index (κ3) is 1.20. The van der Waals surface area contributed by atoms with Crippen molar-refractivity contribution < 1.29 is 0 Å². The molecule has 0 saturated carbocycles. The zero-order valence-corrected chi connectivity index (χ0v) is 8.97. The maximum atomic E-state index is 2.52. The Morgan fingerprint density at radius 1 is 0.929 bits per heavy atom. The minimum atomic E-state index is 0.817. The summed E-state index contributed by atoms with van der Waals surface area (Å²) in [4.78, 5) is 0. The van der Waals surface area contributed by atoms with Gasteiger partial charge in [0.25, 0.3) is 0 Å². The number of benzene rings is 1. The predicted molar refractivity (Wildman–Crippen MR) is 59.8 cm³/mol. The first-order valence-electron chi connectivity index (χ1n) is 5.99. The van der Waals surface area contributed by atoms with Gasteiger partial charge in [0.2, 0.25) is 0 Å². The van der Waals surface area contributed by atoms with Crippen molar-refractivity contribution >= 4 is 0 Å². The van der Waals surface area contributed by atoms with Crippen LogP contribution < -0.4 is 0 Å². The molecule has 0 aliphatic heterocycles. The zero-order valence-electron chi connectivity index (χ0n) is 8.97. The van der Waals surface area contributed by atoms with Gasteiger partial charge >= 0.3 is 0 Å². The molecule has 2 aliphatic rings. The smallest absolute Gasteiger partial charge is 0.0184 e. The fourth-order valence-electron chi connectivity index (χ4n) is 3.06. The summed E-state index contributed by atoms with van der Waals surface area (Å²) in [6, 6.07) is 5.02. The molecule has 0 amide bonds. The molecule has 74 valence electrons. The first-order chi connectivity index (χ1) is 6.84. The largest absolute Gasteiger partial charge is 0.0584 e. The van der Waals surface area contributed by atoms with Crippen LogP contribution in [0.4, 0.5) is 0 Å². The lowest BCUT2D eigenvalue weighted by atomic mass is 9.88. The van der Waals surface area contributed by atoms with Crippen LogP contribution in [0, 0.1) is 0 Å². The second-order valence-electron chi connectivity index (χ2n) is 4.97. The molecule has 1 aromatic rings. The highest BCUT2D eigenvalue weighted by Gasteiger charge is 2.21. The van der Waals surface area contributed by atoms with E-state index in [1.807, 2.05) is 0 Å². The van der Waals surface area contributed by atoms with E-state index in [9.17, 15) is 0 Å². The Morgan fingerprint density at radius 3 is 2.43 bits per heavy atom. The molecule has 0 N–H and O–H groups in total. The first kappa shape index (κ1) is 8.52. The summed E-state index contributed by atoms with van der Waals surface area (Å²) < 4.78 is 0. The molecular weight excluding hydrogens is 168 g/mol. The van der Waals surface area contributed by atoms with Crippen LogP contribution in [0.25, 0.3) is 0 Å². The Kier molecular flexibility index (Phi) is 1.90. The van der Waals surface area contributed by atoms with Crippen molar-refractivity contribution in [2.45, 2.75) is 51.4 Å². The lowest BCUT2D eigenvalue weighted by molar-refractivity contribution is 0.683. The Bertz CT molecular complexity index is 362. The van der Waals surface area contributed by atoms with Gasteiger partial charge in [-0.2, -0.15) is 0 Å². The number of aryl methyl sites for hydroxylation is 3. The number of rotatable bonds is 0. The average molecular weight is 186 g/mol. The highest BCUT2D eigenvalue weighted by Crippen LogP contribution is 2.36. The lowest BCUT2D eigenvalue weighted by Gasteiger charge is -2.18. The van der Waals surface area contributed by atoms with Gasteiger partial charge in [0.05, 0.1) is 0 Å². The molecule has 0 aromatic heterocycles. The van der Waals surface area contributed by atoms with E-state index < -0.39 is 0 Å². The van der Waals surface area contributed by atoms with Crippen molar-refractivity contribution in [1.29, 1.82) is 0 Å². The molecule has 1 atom stereocenters. The number of hydrogen-bond donors (Lipinski definition) is 0. The van der Waals surface area contributed by atoms with Gasteiger partial charge in [-0.1, -0.05) is 19.1 Å². The fourth-order valence-corrected chi connectivity index (χ4v) is 3.06. The Labute approximate surface area is 86.3 Å². The fraction of sp³-hybridized carbons (Fsp3) is 0.571. The molecule has 1 aromatic carbocycles. The van der Waals surface area contributed by atoms with E-state index in [1.165, 1.54) is 38.5 Å². The normalized spacial score (nSPS) is 24.5. The summed E-state index contributed by atoms with van der Waals surface area (Å²) in [5.74, 6) is 0.817. The highest BCUT2D eigenvalue weighted by atomic mass is 14.3. The maximum absolute atomic E-state index is 2.52. The minimum Gasteiger partial charge on any atom is -0.0584 e. The molecule has 0 saturated heterocycles. The van der Waals surface area contributed by atoms with Gasteiger partial charge in [-0.15, -0.1) is 0 Å². The monoisotopic (exact) mass is 186 g/mol. The molecule has 0 nitrogen and oxygen atoms in total. The molecule has 1 unspecified atom stereocenters. The zero-order chi connectivity index (χ0) is 9.54. The molecule has 0 heteroatoms. The van der Waals surface area contributed by atoms with E-state index in [1.54, 1.807) is 22.3 Å². The summed E-state index contributed by atoms with van der Waals surface area (Å²) >= 11 is 0. The maximum Gasteiger partial charge on any atom is -0.0184 e. The van der Waals surface area contributed by atoms with Crippen molar-refractivity contribution in [2.75, 3.05) is 0 Å². The van der Waals surface area contributed by atoms with E-state index in [2.05, 4.69) is 19.1 Å². The molecule has 0 radical (unpaired) electrons. The van der Waals surface area contributed by atoms with Crippen molar-refractivity contribution in [2.24, 2.45) is 0 Å². The Balaban J connectivity index is 2.11. The van der Waals surface area contributed by atoms with Crippen LogP contribution in [0.3, 0.4) is 0 Å². The van der Waals surface area contributed by atoms with Crippen LogP contribution in [0.15, 0.2) is 12.1 Å². The summed E-state index contributed by atoms with van der Waals surface area (Å²) in [7, 11) is 0. The molecule has 0 fully saturated rings. The van der Waals surface area contributed by atoms with Crippen molar-refractivity contribution in [3.05, 3.63) is 34.4 Å². The van der Waals surface area contributed by atoms with Crippen LogP contribution in [0.2, 0.25) is 0 Å². The lowest BCUT2D eigenvalue weighted by Crippen LogP contribution is -2.04. The Hall–Kier alpha value is -0.780. The Morgan fingerprint density at radius 2 is 1.64 bits per heavy atom. The van der Waals surface area contributed by atoms with E-state index in [0.29, 0.717) is 0 Å². The van der Waals surface area contributed by atoms with Crippen molar-refractivity contribution in [3.8, 4) is 0 Å². The SMILES string of the molecule is CC1CCc2cc3c(cc21)CCCC3. The minimum absolute atomic E-state index is 0.817. The second kappa shape index (κ2) is 3.12. The number of fused-ring (bicyclic) bond motifs is 2. The van der Waals surface area contributed by atoms with Crippen LogP contribution in [0.5, 0.6) is 0 Å².